The molecule has 0 aliphatic carbocycles. The molecule has 0 aromatic heterocycles. The van der Waals surface area contributed by atoms with Crippen molar-refractivity contribution in [1.82, 2.24) is 15.1 Å². The number of rotatable bonds is 7. The Kier molecular flexibility index (Phi) is 6.80. The SMILES string of the molecule is CCCNC(=O)CN(C)C(=O)CN1CCC[C@@H]1CO. The van der Waals surface area contributed by atoms with Crippen molar-refractivity contribution < 1.29 is 14.7 Å². The van der Waals surface area contributed by atoms with Gasteiger partial charge in [-0.05, 0) is 25.8 Å². The summed E-state index contributed by atoms with van der Waals surface area (Å²) in [5.74, 6) is -0.204. The first-order valence-electron chi connectivity index (χ1n) is 6.94. The Labute approximate surface area is 114 Å². The van der Waals surface area contributed by atoms with Gasteiger partial charge in [-0.15, -0.1) is 0 Å². The highest BCUT2D eigenvalue weighted by Crippen LogP contribution is 2.16. The van der Waals surface area contributed by atoms with Gasteiger partial charge in [0.25, 0.3) is 0 Å². The second-order valence-electron chi connectivity index (χ2n) is 5.05. The van der Waals surface area contributed by atoms with Crippen LogP contribution in [0.4, 0.5) is 0 Å². The van der Waals surface area contributed by atoms with E-state index in [0.717, 1.165) is 25.8 Å². The maximum absolute atomic E-state index is 12.0. The lowest BCUT2D eigenvalue weighted by atomic mass is 10.2. The number of hydrogen-bond acceptors (Lipinski definition) is 4. The van der Waals surface area contributed by atoms with Gasteiger partial charge >= 0.3 is 0 Å². The number of likely N-dealkylation sites (N-methyl/N-ethyl adjacent to an activating group) is 1. The third kappa shape index (κ3) is 5.16. The minimum atomic E-state index is -0.127. The average molecular weight is 271 g/mol. The number of carbonyl (C=O) groups excluding carboxylic acids is 2. The van der Waals surface area contributed by atoms with Gasteiger partial charge in [-0.25, -0.2) is 0 Å². The Hall–Kier alpha value is -1.14. The molecule has 0 aromatic rings. The first kappa shape index (κ1) is 15.9. The van der Waals surface area contributed by atoms with Crippen LogP contribution in [0.15, 0.2) is 0 Å². The van der Waals surface area contributed by atoms with Crippen molar-refractivity contribution in [1.29, 1.82) is 0 Å². The molecule has 0 spiro atoms. The molecular weight excluding hydrogens is 246 g/mol. The van der Waals surface area contributed by atoms with Crippen LogP contribution in [0.25, 0.3) is 0 Å². The van der Waals surface area contributed by atoms with E-state index in [1.54, 1.807) is 7.05 Å². The van der Waals surface area contributed by atoms with Crippen molar-refractivity contribution >= 4 is 11.8 Å². The molecule has 2 amide bonds. The van der Waals surface area contributed by atoms with Crippen molar-refractivity contribution in [3.63, 3.8) is 0 Å². The van der Waals surface area contributed by atoms with E-state index in [4.69, 9.17) is 0 Å². The zero-order valence-electron chi connectivity index (χ0n) is 11.9. The topological polar surface area (TPSA) is 72.9 Å². The van der Waals surface area contributed by atoms with E-state index in [0.29, 0.717) is 6.54 Å². The van der Waals surface area contributed by atoms with Crippen LogP contribution in [-0.4, -0.2) is 72.6 Å². The quantitative estimate of drug-likeness (QED) is 0.650. The number of likely N-dealkylation sites (tertiary alicyclic amines) is 1. The normalized spacial score (nSPS) is 19.4. The van der Waals surface area contributed by atoms with Crippen molar-refractivity contribution in [3.8, 4) is 0 Å². The van der Waals surface area contributed by atoms with Crippen LogP contribution in [0.2, 0.25) is 0 Å². The Morgan fingerprint density at radius 2 is 2.21 bits per heavy atom. The second kappa shape index (κ2) is 8.12. The van der Waals surface area contributed by atoms with Gasteiger partial charge < -0.3 is 15.3 Å². The monoisotopic (exact) mass is 271 g/mol. The summed E-state index contributed by atoms with van der Waals surface area (Å²) in [6, 6.07) is 0.0891. The molecule has 0 radical (unpaired) electrons. The highest BCUT2D eigenvalue weighted by Gasteiger charge is 2.26. The molecule has 0 bridgehead atoms. The van der Waals surface area contributed by atoms with Crippen molar-refractivity contribution in [3.05, 3.63) is 0 Å². The Balaban J connectivity index is 2.33. The Morgan fingerprint density at radius 1 is 1.47 bits per heavy atom. The van der Waals surface area contributed by atoms with E-state index >= 15 is 0 Å². The van der Waals surface area contributed by atoms with Crippen LogP contribution in [0.1, 0.15) is 26.2 Å². The van der Waals surface area contributed by atoms with Crippen LogP contribution in [0.3, 0.4) is 0 Å². The highest BCUT2D eigenvalue weighted by atomic mass is 16.3. The minimum absolute atomic E-state index is 0.0769. The number of nitrogens with zero attached hydrogens (tertiary/aromatic N) is 2. The molecule has 0 saturated carbocycles. The largest absolute Gasteiger partial charge is 0.395 e. The summed E-state index contributed by atoms with van der Waals surface area (Å²) in [7, 11) is 1.64. The predicted molar refractivity (Wildman–Crippen MR) is 72.6 cm³/mol. The average Bonchev–Trinajstić information content (AvgIpc) is 2.83. The van der Waals surface area contributed by atoms with E-state index in [9.17, 15) is 14.7 Å². The zero-order valence-corrected chi connectivity index (χ0v) is 11.9. The van der Waals surface area contributed by atoms with Gasteiger partial charge in [0.1, 0.15) is 0 Å². The molecule has 0 aromatic carbocycles. The van der Waals surface area contributed by atoms with Gasteiger partial charge in [-0.2, -0.15) is 0 Å². The number of hydrogen-bond donors (Lipinski definition) is 2. The lowest BCUT2D eigenvalue weighted by molar-refractivity contribution is -0.135. The molecule has 110 valence electrons. The lowest BCUT2D eigenvalue weighted by Crippen LogP contribution is -2.45. The van der Waals surface area contributed by atoms with Gasteiger partial charge in [-0.3, -0.25) is 14.5 Å². The summed E-state index contributed by atoms with van der Waals surface area (Å²) in [6.07, 6.45) is 2.83. The van der Waals surface area contributed by atoms with Crippen LogP contribution in [0.5, 0.6) is 0 Å². The predicted octanol–water partition coefficient (Wildman–Crippen LogP) is -0.572. The van der Waals surface area contributed by atoms with Crippen LogP contribution < -0.4 is 5.32 Å². The molecule has 0 unspecified atom stereocenters. The first-order chi connectivity index (χ1) is 9.08. The maximum Gasteiger partial charge on any atom is 0.239 e. The molecule has 1 saturated heterocycles. The molecular formula is C13H25N3O3. The van der Waals surface area contributed by atoms with E-state index in [2.05, 4.69) is 5.32 Å². The van der Waals surface area contributed by atoms with Gasteiger partial charge in [0, 0.05) is 19.6 Å². The van der Waals surface area contributed by atoms with E-state index < -0.39 is 0 Å². The first-order valence-corrected chi connectivity index (χ1v) is 6.94. The standard InChI is InChI=1S/C13H25N3O3/c1-3-6-14-12(18)8-15(2)13(19)9-16-7-4-5-11(16)10-17/h11,17H,3-10H2,1-2H3,(H,14,18)/t11-/m1/s1. The minimum Gasteiger partial charge on any atom is -0.395 e. The molecule has 1 atom stereocenters. The summed E-state index contributed by atoms with van der Waals surface area (Å²) in [5.41, 5.74) is 0. The number of amides is 2. The number of aliphatic hydroxyl groups is 1. The number of nitrogens with one attached hydrogen (secondary N) is 1. The summed E-state index contributed by atoms with van der Waals surface area (Å²) in [5, 5.41) is 11.9. The Morgan fingerprint density at radius 3 is 2.84 bits per heavy atom. The summed E-state index contributed by atoms with van der Waals surface area (Å²) >= 11 is 0. The number of aliphatic hydroxyl groups excluding tert-OH is 1. The maximum atomic E-state index is 12.0. The van der Waals surface area contributed by atoms with E-state index in [1.807, 2.05) is 11.8 Å². The molecule has 1 rings (SSSR count). The van der Waals surface area contributed by atoms with Gasteiger partial charge in [-0.1, -0.05) is 6.92 Å². The fourth-order valence-electron chi connectivity index (χ4n) is 2.23. The highest BCUT2D eigenvalue weighted by molar-refractivity contribution is 5.85. The molecule has 1 fully saturated rings. The summed E-state index contributed by atoms with van der Waals surface area (Å²) in [6.45, 7) is 3.93. The molecule has 2 N–H and O–H groups in total. The zero-order chi connectivity index (χ0) is 14.3. The smallest absolute Gasteiger partial charge is 0.239 e. The molecule has 1 heterocycles. The Bertz CT molecular complexity index is 310. The van der Waals surface area contributed by atoms with Crippen LogP contribution in [0, 0.1) is 0 Å². The van der Waals surface area contributed by atoms with Crippen LogP contribution >= 0.6 is 0 Å². The van der Waals surface area contributed by atoms with Crippen molar-refractivity contribution in [2.45, 2.75) is 32.2 Å². The van der Waals surface area contributed by atoms with Crippen molar-refractivity contribution in [2.75, 3.05) is 39.8 Å². The fourth-order valence-corrected chi connectivity index (χ4v) is 2.23. The van der Waals surface area contributed by atoms with Crippen molar-refractivity contribution in [2.24, 2.45) is 0 Å². The summed E-state index contributed by atoms with van der Waals surface area (Å²) in [4.78, 5) is 26.9. The fraction of sp³-hybridized carbons (Fsp3) is 0.846. The van der Waals surface area contributed by atoms with E-state index in [-0.39, 0.29) is 37.6 Å². The third-order valence-electron chi connectivity index (χ3n) is 3.43. The number of carbonyl (C=O) groups is 2. The van der Waals surface area contributed by atoms with Gasteiger partial charge in [0.15, 0.2) is 0 Å². The third-order valence-corrected chi connectivity index (χ3v) is 3.43. The van der Waals surface area contributed by atoms with E-state index in [1.165, 1.54) is 4.90 Å². The second-order valence-corrected chi connectivity index (χ2v) is 5.05. The van der Waals surface area contributed by atoms with Gasteiger partial charge in [0.2, 0.25) is 11.8 Å². The molecule has 6 nitrogen and oxygen atoms in total. The lowest BCUT2D eigenvalue weighted by Gasteiger charge is -2.25. The van der Waals surface area contributed by atoms with Gasteiger partial charge in [0.05, 0.1) is 19.7 Å². The molecule has 1 aliphatic rings. The molecule has 6 heteroatoms. The summed E-state index contributed by atoms with van der Waals surface area (Å²) < 4.78 is 0. The molecule has 1 aliphatic heterocycles. The van der Waals surface area contributed by atoms with Crippen LogP contribution in [-0.2, 0) is 9.59 Å². The molecule has 19 heavy (non-hydrogen) atoms.